The molecule has 2 rings (SSSR count). The van der Waals surface area contributed by atoms with E-state index in [1.165, 1.54) is 37.7 Å². The van der Waals surface area contributed by atoms with Crippen LogP contribution in [-0.4, -0.2) is 19.1 Å². The molecule has 1 fully saturated rings. The molecule has 0 bridgehead atoms. The fourth-order valence-electron chi connectivity index (χ4n) is 2.71. The van der Waals surface area contributed by atoms with Crippen LogP contribution in [0.2, 0.25) is 0 Å². The predicted molar refractivity (Wildman–Crippen MR) is 81.8 cm³/mol. The highest BCUT2D eigenvalue weighted by Crippen LogP contribution is 2.23. The maximum atomic E-state index is 11.7. The predicted octanol–water partition coefficient (Wildman–Crippen LogP) is 3.92. The molecule has 1 saturated carbocycles. The Labute approximate surface area is 121 Å². The second-order valence-corrected chi connectivity index (χ2v) is 5.68. The first-order chi connectivity index (χ1) is 9.75. The zero-order valence-corrected chi connectivity index (χ0v) is 12.4. The molecule has 0 aromatic heterocycles. The summed E-state index contributed by atoms with van der Waals surface area (Å²) < 4.78 is 5.37. The van der Waals surface area contributed by atoms with Gasteiger partial charge in [-0.25, -0.2) is 0 Å². The second-order valence-electron chi connectivity index (χ2n) is 5.68. The largest absolute Gasteiger partial charge is 0.465 e. The van der Waals surface area contributed by atoms with Crippen molar-refractivity contribution in [3.63, 3.8) is 0 Å². The van der Waals surface area contributed by atoms with Crippen LogP contribution in [-0.2, 0) is 9.53 Å². The third kappa shape index (κ3) is 4.87. The Morgan fingerprint density at radius 1 is 1.25 bits per heavy atom. The summed E-state index contributed by atoms with van der Waals surface area (Å²) >= 11 is 0. The van der Waals surface area contributed by atoms with Crippen molar-refractivity contribution >= 4 is 11.7 Å². The monoisotopic (exact) mass is 275 g/mol. The molecule has 0 spiro atoms. The van der Waals surface area contributed by atoms with Gasteiger partial charge in [-0.3, -0.25) is 4.79 Å². The van der Waals surface area contributed by atoms with E-state index >= 15 is 0 Å². The molecular formula is C17H25NO2. The van der Waals surface area contributed by atoms with Gasteiger partial charge in [0.15, 0.2) is 0 Å². The van der Waals surface area contributed by atoms with Gasteiger partial charge in [0.1, 0.15) is 0 Å². The maximum absolute atomic E-state index is 11.7. The van der Waals surface area contributed by atoms with Crippen molar-refractivity contribution in [2.24, 2.45) is 5.92 Å². The molecule has 1 aliphatic carbocycles. The number of anilines is 1. The molecule has 3 heteroatoms. The van der Waals surface area contributed by atoms with Crippen molar-refractivity contribution in [2.45, 2.75) is 45.4 Å². The van der Waals surface area contributed by atoms with Crippen molar-refractivity contribution in [2.75, 3.05) is 18.5 Å². The molecule has 20 heavy (non-hydrogen) atoms. The van der Waals surface area contributed by atoms with Crippen molar-refractivity contribution in [3.8, 4) is 0 Å². The van der Waals surface area contributed by atoms with Crippen LogP contribution in [0.1, 0.15) is 44.1 Å². The molecule has 3 nitrogen and oxygen atoms in total. The average molecular weight is 275 g/mol. The smallest absolute Gasteiger partial charge is 0.307 e. The Morgan fingerprint density at radius 3 is 2.75 bits per heavy atom. The summed E-state index contributed by atoms with van der Waals surface area (Å²) in [6.07, 6.45) is 6.78. The number of esters is 1. The molecule has 1 aliphatic rings. The van der Waals surface area contributed by atoms with Crippen molar-refractivity contribution in [1.82, 2.24) is 0 Å². The third-order valence-electron chi connectivity index (χ3n) is 3.99. The van der Waals surface area contributed by atoms with Crippen molar-refractivity contribution in [3.05, 3.63) is 29.8 Å². The fourth-order valence-corrected chi connectivity index (χ4v) is 2.71. The number of hydrogen-bond donors (Lipinski definition) is 1. The number of benzene rings is 1. The summed E-state index contributed by atoms with van der Waals surface area (Å²) in [5.74, 6) is 0.508. The van der Waals surface area contributed by atoms with E-state index in [2.05, 4.69) is 18.3 Å². The summed E-state index contributed by atoms with van der Waals surface area (Å²) in [6.45, 7) is 3.31. The minimum absolute atomic E-state index is 0.0864. The highest BCUT2D eigenvalue weighted by molar-refractivity contribution is 5.70. The van der Waals surface area contributed by atoms with Crippen LogP contribution >= 0.6 is 0 Å². The number of para-hydroxylation sites is 1. The lowest BCUT2D eigenvalue weighted by Gasteiger charge is -2.21. The highest BCUT2D eigenvalue weighted by atomic mass is 16.5. The lowest BCUT2D eigenvalue weighted by molar-refractivity contribution is -0.145. The van der Waals surface area contributed by atoms with E-state index in [1.54, 1.807) is 0 Å². The Hall–Kier alpha value is -1.51. The lowest BCUT2D eigenvalue weighted by atomic mass is 9.90. The van der Waals surface area contributed by atoms with Crippen LogP contribution < -0.4 is 5.32 Å². The lowest BCUT2D eigenvalue weighted by Crippen LogP contribution is -2.18. The van der Waals surface area contributed by atoms with Crippen molar-refractivity contribution < 1.29 is 9.53 Å². The van der Waals surface area contributed by atoms with E-state index in [-0.39, 0.29) is 5.97 Å². The number of hydrogen-bond acceptors (Lipinski definition) is 3. The topological polar surface area (TPSA) is 38.3 Å². The number of carbonyl (C=O) groups is 1. The summed E-state index contributed by atoms with van der Waals surface area (Å²) in [6, 6.07) is 8.10. The molecular weight excluding hydrogens is 250 g/mol. The molecule has 0 atom stereocenters. The van der Waals surface area contributed by atoms with Gasteiger partial charge < -0.3 is 10.1 Å². The Bertz CT molecular complexity index is 425. The number of rotatable bonds is 6. The van der Waals surface area contributed by atoms with E-state index in [4.69, 9.17) is 4.74 Å². The van der Waals surface area contributed by atoms with Gasteiger partial charge in [0.25, 0.3) is 0 Å². The van der Waals surface area contributed by atoms with Crippen LogP contribution in [0, 0.1) is 12.8 Å². The molecule has 0 aliphatic heterocycles. The van der Waals surface area contributed by atoms with E-state index in [0.717, 1.165) is 5.69 Å². The van der Waals surface area contributed by atoms with Gasteiger partial charge in [-0.15, -0.1) is 0 Å². The first-order valence-corrected chi connectivity index (χ1v) is 7.71. The summed E-state index contributed by atoms with van der Waals surface area (Å²) in [7, 11) is 0. The standard InChI is InChI=1S/C17H25NO2/c1-14-7-5-6-10-16(14)18-12-11-17(19)20-13-15-8-3-2-4-9-15/h5-7,10,15,18H,2-4,8-9,11-13H2,1H3. The average Bonchev–Trinajstić information content (AvgIpc) is 2.48. The zero-order valence-electron chi connectivity index (χ0n) is 12.4. The second kappa shape index (κ2) is 7.93. The molecule has 0 radical (unpaired) electrons. The molecule has 1 aromatic rings. The molecule has 1 N–H and O–H groups in total. The molecule has 1 aromatic carbocycles. The molecule has 0 heterocycles. The molecule has 0 amide bonds. The van der Waals surface area contributed by atoms with E-state index in [0.29, 0.717) is 25.5 Å². The quantitative estimate of drug-likeness (QED) is 0.800. The van der Waals surface area contributed by atoms with Crippen LogP contribution in [0.3, 0.4) is 0 Å². The highest BCUT2D eigenvalue weighted by Gasteiger charge is 2.15. The van der Waals surface area contributed by atoms with Gasteiger partial charge in [-0.05, 0) is 37.3 Å². The minimum atomic E-state index is -0.0864. The summed E-state index contributed by atoms with van der Waals surface area (Å²) in [5, 5.41) is 3.28. The number of carbonyl (C=O) groups excluding carboxylic acids is 1. The van der Waals surface area contributed by atoms with Gasteiger partial charge >= 0.3 is 5.97 Å². The van der Waals surface area contributed by atoms with E-state index < -0.39 is 0 Å². The third-order valence-corrected chi connectivity index (χ3v) is 3.99. The first kappa shape index (κ1) is 14.9. The van der Waals surface area contributed by atoms with E-state index in [1.807, 2.05) is 18.2 Å². The van der Waals surface area contributed by atoms with E-state index in [9.17, 15) is 4.79 Å². The fraction of sp³-hybridized carbons (Fsp3) is 0.588. The molecule has 110 valence electrons. The van der Waals surface area contributed by atoms with Gasteiger partial charge in [-0.2, -0.15) is 0 Å². The van der Waals surface area contributed by atoms with Gasteiger partial charge in [-0.1, -0.05) is 37.5 Å². The normalized spacial score (nSPS) is 15.8. The zero-order chi connectivity index (χ0) is 14.2. The van der Waals surface area contributed by atoms with Crippen LogP contribution in [0.4, 0.5) is 5.69 Å². The molecule has 0 saturated heterocycles. The summed E-state index contributed by atoms with van der Waals surface area (Å²) in [5.41, 5.74) is 2.29. The Balaban J connectivity index is 1.61. The number of aryl methyl sites for hydroxylation is 1. The maximum Gasteiger partial charge on any atom is 0.307 e. The SMILES string of the molecule is Cc1ccccc1NCCC(=O)OCC1CCCCC1. The Morgan fingerprint density at radius 2 is 2.00 bits per heavy atom. The van der Waals surface area contributed by atoms with Gasteiger partial charge in [0, 0.05) is 12.2 Å². The molecule has 0 unspecified atom stereocenters. The number of ether oxygens (including phenoxy) is 1. The van der Waals surface area contributed by atoms with Crippen LogP contribution in [0.25, 0.3) is 0 Å². The van der Waals surface area contributed by atoms with Gasteiger partial charge in [0.05, 0.1) is 13.0 Å². The minimum Gasteiger partial charge on any atom is -0.465 e. The summed E-state index contributed by atoms with van der Waals surface area (Å²) in [4.78, 5) is 11.7. The van der Waals surface area contributed by atoms with Crippen LogP contribution in [0.15, 0.2) is 24.3 Å². The number of nitrogens with one attached hydrogen (secondary N) is 1. The Kier molecular flexibility index (Phi) is 5.90. The van der Waals surface area contributed by atoms with Crippen molar-refractivity contribution in [1.29, 1.82) is 0 Å². The van der Waals surface area contributed by atoms with Crippen LogP contribution in [0.5, 0.6) is 0 Å². The van der Waals surface area contributed by atoms with Gasteiger partial charge in [0.2, 0.25) is 0 Å². The first-order valence-electron chi connectivity index (χ1n) is 7.71.